The number of fused-ring (bicyclic) bond motifs is 1. The quantitative estimate of drug-likeness (QED) is 0.913. The van der Waals surface area contributed by atoms with Crippen molar-refractivity contribution in [1.82, 2.24) is 5.53 Å². The molecule has 1 aliphatic rings. The first-order chi connectivity index (χ1) is 8.93. The van der Waals surface area contributed by atoms with Gasteiger partial charge in [-0.2, -0.15) is 18.7 Å². The van der Waals surface area contributed by atoms with Crippen LogP contribution >= 0.6 is 0 Å². The van der Waals surface area contributed by atoms with Gasteiger partial charge in [-0.25, -0.2) is 0 Å². The third kappa shape index (κ3) is 2.82. The highest BCUT2D eigenvalue weighted by Gasteiger charge is 2.32. The van der Waals surface area contributed by atoms with Crippen LogP contribution < -0.4 is 15.7 Å². The number of hydrogen-bond acceptors (Lipinski definition) is 4. The van der Waals surface area contributed by atoms with Gasteiger partial charge in [-0.3, -0.25) is 5.01 Å². The van der Waals surface area contributed by atoms with Gasteiger partial charge in [-0.1, -0.05) is 19.4 Å². The molecule has 0 radical (unpaired) electrons. The second-order valence-corrected chi connectivity index (χ2v) is 4.14. The normalized spacial score (nSPS) is 15.4. The van der Waals surface area contributed by atoms with Crippen LogP contribution in [0, 0.1) is 5.21 Å². The molecule has 1 aromatic rings. The van der Waals surface area contributed by atoms with Gasteiger partial charge in [0, 0.05) is 6.20 Å². The number of alkyl halides is 3. The van der Waals surface area contributed by atoms with Gasteiger partial charge < -0.3 is 10.4 Å². The summed E-state index contributed by atoms with van der Waals surface area (Å²) in [5, 5.41) is 13.3. The van der Waals surface area contributed by atoms with Crippen LogP contribution in [0.2, 0.25) is 0 Å². The molecular weight excluding hydrogens is 259 g/mol. The van der Waals surface area contributed by atoms with Gasteiger partial charge in [0.25, 0.3) is 0 Å². The highest BCUT2D eigenvalue weighted by molar-refractivity contribution is 5.76. The molecule has 0 aromatic heterocycles. The van der Waals surface area contributed by atoms with Crippen molar-refractivity contribution in [3.8, 4) is 0 Å². The van der Waals surface area contributed by atoms with Crippen molar-refractivity contribution in [2.75, 3.05) is 10.2 Å². The molecule has 4 nitrogen and oxygen atoms in total. The summed E-state index contributed by atoms with van der Waals surface area (Å²) in [5.41, 5.74) is 1.93. The SMILES string of the molecule is CCC/C=C/N1NN([O-])c2cc(C(F)(F)F)ccc21. The Hall–Kier alpha value is -1.73. The molecule has 0 aliphatic carbocycles. The molecule has 2 rings (SSSR count). The largest absolute Gasteiger partial charge is 0.742 e. The molecule has 0 amide bonds. The van der Waals surface area contributed by atoms with E-state index in [1.54, 1.807) is 6.20 Å². The van der Waals surface area contributed by atoms with Crippen LogP contribution in [0.1, 0.15) is 25.3 Å². The highest BCUT2D eigenvalue weighted by atomic mass is 19.4. The fourth-order valence-electron chi connectivity index (χ4n) is 1.73. The fraction of sp³-hybridized carbons (Fsp3) is 0.333. The lowest BCUT2D eigenvalue weighted by atomic mass is 10.1. The van der Waals surface area contributed by atoms with Gasteiger partial charge >= 0.3 is 6.18 Å². The number of nitrogens with one attached hydrogen (secondary N) is 1. The third-order valence-electron chi connectivity index (χ3n) is 2.69. The summed E-state index contributed by atoms with van der Waals surface area (Å²) in [6.45, 7) is 2.01. The minimum absolute atomic E-state index is 0.0454. The van der Waals surface area contributed by atoms with Gasteiger partial charge in [-0.15, -0.1) is 0 Å². The summed E-state index contributed by atoms with van der Waals surface area (Å²) >= 11 is 0. The molecule has 1 aromatic carbocycles. The first-order valence-corrected chi connectivity index (χ1v) is 5.84. The average Bonchev–Trinajstić information content (AvgIpc) is 2.66. The molecule has 0 atom stereocenters. The van der Waals surface area contributed by atoms with Crippen molar-refractivity contribution >= 4 is 11.4 Å². The first-order valence-electron chi connectivity index (χ1n) is 5.84. The van der Waals surface area contributed by atoms with E-state index < -0.39 is 11.7 Å². The van der Waals surface area contributed by atoms with E-state index in [4.69, 9.17) is 0 Å². The standard InChI is InChI=1S/C12H13F3N3O/c1-2-3-4-7-17-10-6-5-9(12(13,14)15)8-11(10)18(19)16-17/h4-8,16H,2-3H2,1H3/q-1/b7-4+. The van der Waals surface area contributed by atoms with E-state index in [-0.39, 0.29) is 5.69 Å². The van der Waals surface area contributed by atoms with Crippen LogP contribution in [-0.2, 0) is 6.18 Å². The van der Waals surface area contributed by atoms with Gasteiger partial charge in [0.1, 0.15) is 0 Å². The summed E-state index contributed by atoms with van der Waals surface area (Å²) in [4.78, 5) is 0. The minimum atomic E-state index is -4.46. The van der Waals surface area contributed by atoms with Crippen molar-refractivity contribution in [3.63, 3.8) is 0 Å². The zero-order chi connectivity index (χ0) is 14.0. The minimum Gasteiger partial charge on any atom is -0.742 e. The molecule has 1 heterocycles. The van der Waals surface area contributed by atoms with E-state index in [1.165, 1.54) is 11.1 Å². The number of allylic oxidation sites excluding steroid dienone is 1. The number of hydrazine groups is 2. The molecule has 19 heavy (non-hydrogen) atoms. The van der Waals surface area contributed by atoms with Crippen LogP contribution in [-0.4, -0.2) is 0 Å². The van der Waals surface area contributed by atoms with E-state index in [2.05, 4.69) is 5.53 Å². The molecule has 104 valence electrons. The smallest absolute Gasteiger partial charge is 0.416 e. The summed E-state index contributed by atoms with van der Waals surface area (Å²) in [5.74, 6) is 0. The number of unbranched alkanes of at least 4 members (excludes halogenated alkanes) is 1. The van der Waals surface area contributed by atoms with E-state index in [1.807, 2.05) is 13.0 Å². The number of benzene rings is 1. The lowest BCUT2D eigenvalue weighted by molar-refractivity contribution is -0.137. The Morgan fingerprint density at radius 2 is 2.05 bits per heavy atom. The molecule has 0 saturated carbocycles. The van der Waals surface area contributed by atoms with Gasteiger partial charge in [0.15, 0.2) is 0 Å². The Kier molecular flexibility index (Phi) is 3.68. The summed E-state index contributed by atoms with van der Waals surface area (Å²) in [7, 11) is 0. The predicted molar refractivity (Wildman–Crippen MR) is 67.0 cm³/mol. The maximum Gasteiger partial charge on any atom is 0.416 e. The first kappa shape index (κ1) is 13.7. The van der Waals surface area contributed by atoms with Gasteiger partial charge in [0.05, 0.1) is 16.9 Å². The van der Waals surface area contributed by atoms with Crippen LogP contribution in [0.4, 0.5) is 24.5 Å². The lowest BCUT2D eigenvalue weighted by Gasteiger charge is -2.25. The number of anilines is 2. The monoisotopic (exact) mass is 272 g/mol. The van der Waals surface area contributed by atoms with Crippen molar-refractivity contribution in [3.05, 3.63) is 41.2 Å². The maximum absolute atomic E-state index is 12.6. The Morgan fingerprint density at radius 1 is 1.32 bits per heavy atom. The van der Waals surface area contributed by atoms with Crippen LogP contribution in [0.5, 0.6) is 0 Å². The van der Waals surface area contributed by atoms with E-state index >= 15 is 0 Å². The molecule has 7 heteroatoms. The van der Waals surface area contributed by atoms with Crippen molar-refractivity contribution < 1.29 is 13.2 Å². The number of nitrogens with zero attached hydrogens (tertiary/aromatic N) is 2. The molecule has 1 N–H and O–H groups in total. The zero-order valence-electron chi connectivity index (χ0n) is 10.2. The molecule has 0 spiro atoms. The molecule has 0 bridgehead atoms. The molecule has 0 saturated heterocycles. The second kappa shape index (κ2) is 5.10. The van der Waals surface area contributed by atoms with Crippen LogP contribution in [0.15, 0.2) is 30.5 Å². The maximum atomic E-state index is 12.6. The van der Waals surface area contributed by atoms with E-state index in [0.29, 0.717) is 10.9 Å². The topological polar surface area (TPSA) is 41.6 Å². The summed E-state index contributed by atoms with van der Waals surface area (Å²) < 4.78 is 37.7. The number of rotatable bonds is 3. The fourth-order valence-corrected chi connectivity index (χ4v) is 1.73. The average molecular weight is 272 g/mol. The molecule has 0 unspecified atom stereocenters. The second-order valence-electron chi connectivity index (χ2n) is 4.14. The van der Waals surface area contributed by atoms with Crippen molar-refractivity contribution in [2.45, 2.75) is 25.9 Å². The van der Waals surface area contributed by atoms with E-state index in [9.17, 15) is 18.4 Å². The number of hydrogen-bond donors (Lipinski definition) is 1. The van der Waals surface area contributed by atoms with E-state index in [0.717, 1.165) is 25.0 Å². The lowest BCUT2D eigenvalue weighted by Crippen LogP contribution is -2.37. The van der Waals surface area contributed by atoms with Gasteiger partial charge in [-0.05, 0) is 24.6 Å². The van der Waals surface area contributed by atoms with Crippen molar-refractivity contribution in [1.29, 1.82) is 0 Å². The molecule has 1 aliphatic heterocycles. The molecule has 0 fully saturated rings. The zero-order valence-corrected chi connectivity index (χ0v) is 10.2. The third-order valence-corrected chi connectivity index (χ3v) is 2.69. The Bertz CT molecular complexity index is 488. The Labute approximate surface area is 108 Å². The van der Waals surface area contributed by atoms with Crippen LogP contribution in [0.25, 0.3) is 0 Å². The summed E-state index contributed by atoms with van der Waals surface area (Å²) in [6, 6.07) is 3.07. The summed E-state index contributed by atoms with van der Waals surface area (Å²) in [6.07, 6.45) is 0.792. The Morgan fingerprint density at radius 3 is 2.68 bits per heavy atom. The predicted octanol–water partition coefficient (Wildman–Crippen LogP) is 3.56. The number of halogens is 3. The van der Waals surface area contributed by atoms with Crippen LogP contribution in [0.3, 0.4) is 0 Å². The molecular formula is C12H13F3N3O-. The van der Waals surface area contributed by atoms with Crippen molar-refractivity contribution in [2.24, 2.45) is 0 Å². The van der Waals surface area contributed by atoms with Gasteiger partial charge in [0.2, 0.25) is 0 Å². The Balaban J connectivity index is 2.29. The highest BCUT2D eigenvalue weighted by Crippen LogP contribution is 2.38.